The molecule has 0 aliphatic carbocycles. The highest BCUT2D eigenvalue weighted by Crippen LogP contribution is 2.20. The third kappa shape index (κ3) is 6.18. The van der Waals surface area contributed by atoms with Crippen molar-refractivity contribution in [3.05, 3.63) is 76.8 Å². The molecule has 2 aromatic carbocycles. The summed E-state index contributed by atoms with van der Waals surface area (Å²) in [5.41, 5.74) is 12.3. The molecule has 3 amide bonds. The van der Waals surface area contributed by atoms with E-state index in [1.807, 2.05) is 13.8 Å². The summed E-state index contributed by atoms with van der Waals surface area (Å²) in [6, 6.07) is 13.2. The van der Waals surface area contributed by atoms with Crippen LogP contribution < -0.4 is 22.1 Å². The molecule has 0 saturated carbocycles. The summed E-state index contributed by atoms with van der Waals surface area (Å²) >= 11 is 6.05. The van der Waals surface area contributed by atoms with Crippen molar-refractivity contribution < 1.29 is 14.4 Å². The van der Waals surface area contributed by atoms with Crippen molar-refractivity contribution in [1.29, 1.82) is 0 Å². The number of nitrogens with zero attached hydrogens (tertiary/aromatic N) is 2. The molecule has 33 heavy (non-hydrogen) atoms. The molecule has 0 unspecified atom stereocenters. The van der Waals surface area contributed by atoms with E-state index >= 15 is 0 Å². The summed E-state index contributed by atoms with van der Waals surface area (Å²) in [5, 5.41) is 5.77. The molecule has 1 heterocycles. The highest BCUT2D eigenvalue weighted by Gasteiger charge is 2.23. The van der Waals surface area contributed by atoms with Gasteiger partial charge in [-0.1, -0.05) is 23.7 Å². The number of amides is 3. The molecule has 0 spiro atoms. The van der Waals surface area contributed by atoms with Crippen LogP contribution >= 0.6 is 11.6 Å². The Morgan fingerprint density at radius 3 is 2.12 bits per heavy atom. The number of rotatable bonds is 8. The Balaban J connectivity index is 1.69. The first-order valence-electron chi connectivity index (χ1n) is 10.2. The van der Waals surface area contributed by atoms with Gasteiger partial charge >= 0.3 is 0 Å². The highest BCUT2D eigenvalue weighted by atomic mass is 35.5. The van der Waals surface area contributed by atoms with E-state index in [4.69, 9.17) is 23.1 Å². The second-order valence-electron chi connectivity index (χ2n) is 8.20. The third-order valence-electron chi connectivity index (χ3n) is 4.80. The lowest BCUT2D eigenvalue weighted by molar-refractivity contribution is 0.0967. The first kappa shape index (κ1) is 24.0. The van der Waals surface area contributed by atoms with Crippen LogP contribution in [0.25, 0.3) is 0 Å². The monoisotopic (exact) mass is 468 g/mol. The molecule has 3 aromatic rings. The predicted octanol–water partition coefficient (Wildman–Crippen LogP) is 3.27. The van der Waals surface area contributed by atoms with Gasteiger partial charge < -0.3 is 26.7 Å². The zero-order valence-electron chi connectivity index (χ0n) is 18.3. The predicted molar refractivity (Wildman–Crippen MR) is 127 cm³/mol. The fraction of sp³-hybridized carbons (Fsp3) is 0.217. The molecular weight excluding hydrogens is 444 g/mol. The molecule has 0 fully saturated rings. The Kier molecular flexibility index (Phi) is 7.15. The van der Waals surface area contributed by atoms with E-state index in [0.717, 1.165) is 0 Å². The maximum absolute atomic E-state index is 12.7. The molecule has 9 nitrogen and oxygen atoms in total. The number of aryl methyl sites for hydroxylation is 1. The Labute approximate surface area is 196 Å². The molecule has 0 aliphatic heterocycles. The molecular formula is C23H25ClN6O3. The number of primary amides is 1. The highest BCUT2D eigenvalue weighted by molar-refractivity contribution is 6.34. The molecule has 1 aromatic heterocycles. The van der Waals surface area contributed by atoms with Gasteiger partial charge in [0.25, 0.3) is 17.7 Å². The largest absolute Gasteiger partial charge is 0.364 e. The normalized spacial score (nSPS) is 11.2. The average molecular weight is 469 g/mol. The summed E-state index contributed by atoms with van der Waals surface area (Å²) in [5.74, 6) is -1.69. The van der Waals surface area contributed by atoms with E-state index in [1.165, 1.54) is 10.9 Å². The summed E-state index contributed by atoms with van der Waals surface area (Å²) in [6.07, 6.45) is 1.96. The Hall–Kier alpha value is -3.69. The van der Waals surface area contributed by atoms with Gasteiger partial charge in [-0.3, -0.25) is 14.4 Å². The SMILES string of the molecule is CC(C)(N)CCn1cnc(C(=O)Nc2ccc(NC(=O)c3ccccc3Cl)cc2)c1C(N)=O. The third-order valence-corrected chi connectivity index (χ3v) is 5.13. The topological polar surface area (TPSA) is 145 Å². The summed E-state index contributed by atoms with van der Waals surface area (Å²) < 4.78 is 1.53. The number of carbonyl (C=O) groups is 3. The van der Waals surface area contributed by atoms with Crippen molar-refractivity contribution >= 4 is 40.7 Å². The molecule has 0 bridgehead atoms. The van der Waals surface area contributed by atoms with Gasteiger partial charge in [0.2, 0.25) is 0 Å². The van der Waals surface area contributed by atoms with Crippen molar-refractivity contribution in [2.24, 2.45) is 11.5 Å². The first-order valence-corrected chi connectivity index (χ1v) is 10.5. The minimum atomic E-state index is -0.759. The van der Waals surface area contributed by atoms with Gasteiger partial charge in [0, 0.05) is 23.5 Å². The first-order chi connectivity index (χ1) is 15.5. The zero-order valence-corrected chi connectivity index (χ0v) is 19.0. The lowest BCUT2D eigenvalue weighted by Gasteiger charge is -2.19. The van der Waals surface area contributed by atoms with Crippen LogP contribution in [-0.4, -0.2) is 32.8 Å². The smallest absolute Gasteiger partial charge is 0.276 e. The van der Waals surface area contributed by atoms with Crippen molar-refractivity contribution in [1.82, 2.24) is 9.55 Å². The number of hydrogen-bond donors (Lipinski definition) is 4. The maximum atomic E-state index is 12.7. The van der Waals surface area contributed by atoms with Crippen LogP contribution in [0.15, 0.2) is 54.9 Å². The van der Waals surface area contributed by atoms with Gasteiger partial charge in [-0.15, -0.1) is 0 Å². The summed E-state index contributed by atoms with van der Waals surface area (Å²) in [6.45, 7) is 4.12. The molecule has 0 saturated heterocycles. The lowest BCUT2D eigenvalue weighted by atomic mass is 10.0. The minimum absolute atomic E-state index is 0.0142. The van der Waals surface area contributed by atoms with E-state index in [1.54, 1.807) is 48.5 Å². The fourth-order valence-corrected chi connectivity index (χ4v) is 3.28. The van der Waals surface area contributed by atoms with E-state index in [9.17, 15) is 14.4 Å². The molecule has 3 rings (SSSR count). The standard InChI is InChI=1S/C23H25ClN6O3/c1-23(2,26)11-12-30-13-27-18(19(30)20(25)31)22(33)29-15-9-7-14(8-10-15)28-21(32)16-5-3-4-6-17(16)24/h3-10,13H,11-12,26H2,1-2H3,(H2,25,31)(H,28,32)(H,29,33). The molecule has 172 valence electrons. The number of benzene rings is 2. The van der Waals surface area contributed by atoms with Gasteiger partial charge in [-0.05, 0) is 56.7 Å². The van der Waals surface area contributed by atoms with Gasteiger partial charge in [-0.25, -0.2) is 4.98 Å². The number of imidazole rings is 1. The van der Waals surface area contributed by atoms with Crippen molar-refractivity contribution in [3.63, 3.8) is 0 Å². The van der Waals surface area contributed by atoms with Crippen LogP contribution in [0.2, 0.25) is 5.02 Å². The Morgan fingerprint density at radius 2 is 1.58 bits per heavy atom. The van der Waals surface area contributed by atoms with E-state index in [-0.39, 0.29) is 17.3 Å². The molecule has 0 atom stereocenters. The van der Waals surface area contributed by atoms with Crippen LogP contribution in [0, 0.1) is 0 Å². The number of anilines is 2. The second-order valence-corrected chi connectivity index (χ2v) is 8.61. The zero-order chi connectivity index (χ0) is 24.2. The maximum Gasteiger partial charge on any atom is 0.276 e. The van der Waals surface area contributed by atoms with Gasteiger partial charge in [0.15, 0.2) is 5.69 Å². The van der Waals surface area contributed by atoms with Crippen LogP contribution in [0.5, 0.6) is 0 Å². The minimum Gasteiger partial charge on any atom is -0.364 e. The molecule has 0 aliphatic rings. The van der Waals surface area contributed by atoms with Crippen molar-refractivity contribution in [3.8, 4) is 0 Å². The van der Waals surface area contributed by atoms with Crippen LogP contribution in [-0.2, 0) is 6.54 Å². The van der Waals surface area contributed by atoms with Crippen LogP contribution in [0.1, 0.15) is 51.6 Å². The van der Waals surface area contributed by atoms with Gasteiger partial charge in [0.1, 0.15) is 5.69 Å². The van der Waals surface area contributed by atoms with E-state index in [0.29, 0.717) is 34.9 Å². The van der Waals surface area contributed by atoms with Crippen molar-refractivity contribution in [2.45, 2.75) is 32.4 Å². The number of aromatic nitrogens is 2. The lowest BCUT2D eigenvalue weighted by Crippen LogP contribution is -2.33. The van der Waals surface area contributed by atoms with E-state index < -0.39 is 17.4 Å². The van der Waals surface area contributed by atoms with Crippen LogP contribution in [0.3, 0.4) is 0 Å². The number of halogens is 1. The number of hydrogen-bond acceptors (Lipinski definition) is 5. The van der Waals surface area contributed by atoms with Crippen molar-refractivity contribution in [2.75, 3.05) is 10.6 Å². The number of nitrogens with one attached hydrogen (secondary N) is 2. The summed E-state index contributed by atoms with van der Waals surface area (Å²) in [4.78, 5) is 41.2. The Morgan fingerprint density at radius 1 is 1.00 bits per heavy atom. The molecule has 0 radical (unpaired) electrons. The van der Waals surface area contributed by atoms with Gasteiger partial charge in [0.05, 0.1) is 16.9 Å². The van der Waals surface area contributed by atoms with Crippen LogP contribution in [0.4, 0.5) is 11.4 Å². The summed E-state index contributed by atoms with van der Waals surface area (Å²) in [7, 11) is 0. The average Bonchev–Trinajstić information content (AvgIpc) is 3.18. The van der Waals surface area contributed by atoms with Gasteiger partial charge in [-0.2, -0.15) is 0 Å². The van der Waals surface area contributed by atoms with E-state index in [2.05, 4.69) is 15.6 Å². The quantitative estimate of drug-likeness (QED) is 0.401. The second kappa shape index (κ2) is 9.85. The number of nitrogens with two attached hydrogens (primary N) is 2. The molecule has 10 heteroatoms. The molecule has 6 N–H and O–H groups in total. The Bertz CT molecular complexity index is 1180. The fourth-order valence-electron chi connectivity index (χ4n) is 3.06. The number of carbonyl (C=O) groups excluding carboxylic acids is 3.